The predicted octanol–water partition coefficient (Wildman–Crippen LogP) is 1.32. The lowest BCUT2D eigenvalue weighted by Gasteiger charge is -2.09. The molecule has 0 rings (SSSR count). The summed E-state index contributed by atoms with van der Waals surface area (Å²) in [5.41, 5.74) is 0. The molecule has 0 bridgehead atoms. The molecule has 0 radical (unpaired) electrons. The van der Waals surface area contributed by atoms with Crippen molar-refractivity contribution in [3.63, 3.8) is 0 Å². The lowest BCUT2D eigenvalue weighted by atomic mass is 10.4. The Bertz CT molecular complexity index is 112. The quantitative estimate of drug-likeness (QED) is 0.359. The summed E-state index contributed by atoms with van der Waals surface area (Å²) in [5, 5.41) is 9.17. The average molecular weight is 174 g/mol. The van der Waals surface area contributed by atoms with Gasteiger partial charge < -0.3 is 14.6 Å². The highest BCUT2D eigenvalue weighted by Gasteiger charge is 2.01. The first kappa shape index (κ1) is 11.6. The lowest BCUT2D eigenvalue weighted by Crippen LogP contribution is -2.14. The van der Waals surface area contributed by atoms with E-state index in [1.54, 1.807) is 0 Å². The van der Waals surface area contributed by atoms with E-state index in [-0.39, 0.29) is 0 Å². The van der Waals surface area contributed by atoms with E-state index >= 15 is 0 Å². The highest BCUT2D eigenvalue weighted by Crippen LogP contribution is 1.94. The van der Waals surface area contributed by atoms with Crippen molar-refractivity contribution in [3.05, 3.63) is 12.2 Å². The Hall–Kier alpha value is -0.380. The largest absolute Gasteiger partial charge is 0.382 e. The van der Waals surface area contributed by atoms with E-state index in [1.807, 2.05) is 26.0 Å². The van der Waals surface area contributed by atoms with Gasteiger partial charge in [0.05, 0.1) is 13.2 Å². The smallest absolute Gasteiger partial charge is 0.157 e. The second kappa shape index (κ2) is 8.71. The molecule has 0 spiro atoms. The normalized spacial score (nSPS) is 13.9. The monoisotopic (exact) mass is 174 g/mol. The van der Waals surface area contributed by atoms with Crippen molar-refractivity contribution in [2.24, 2.45) is 0 Å². The summed E-state index contributed by atoms with van der Waals surface area (Å²) >= 11 is 0. The van der Waals surface area contributed by atoms with Crippen LogP contribution in [0.4, 0.5) is 0 Å². The van der Waals surface area contributed by atoms with Gasteiger partial charge in [-0.3, -0.25) is 0 Å². The fourth-order valence-electron chi connectivity index (χ4n) is 0.675. The van der Waals surface area contributed by atoms with Crippen LogP contribution in [0.1, 0.15) is 20.3 Å². The number of rotatable bonds is 7. The van der Waals surface area contributed by atoms with Gasteiger partial charge in [0.15, 0.2) is 6.29 Å². The highest BCUT2D eigenvalue weighted by molar-refractivity contribution is 4.75. The maximum atomic E-state index is 9.17. The van der Waals surface area contributed by atoms with Gasteiger partial charge >= 0.3 is 0 Å². The van der Waals surface area contributed by atoms with E-state index in [9.17, 15) is 0 Å². The van der Waals surface area contributed by atoms with Gasteiger partial charge in [-0.05, 0) is 13.8 Å². The van der Waals surface area contributed by atoms with Gasteiger partial charge in [0.25, 0.3) is 0 Å². The Balaban J connectivity index is 3.15. The Morgan fingerprint density at radius 3 is 2.83 bits per heavy atom. The molecular formula is C9H18O3. The van der Waals surface area contributed by atoms with E-state index in [1.165, 1.54) is 0 Å². The van der Waals surface area contributed by atoms with Crippen molar-refractivity contribution in [1.82, 2.24) is 0 Å². The van der Waals surface area contributed by atoms with Crippen LogP contribution in [0.2, 0.25) is 0 Å². The molecule has 0 saturated heterocycles. The van der Waals surface area contributed by atoms with Crippen LogP contribution in [-0.2, 0) is 9.47 Å². The van der Waals surface area contributed by atoms with Crippen LogP contribution in [0.3, 0.4) is 0 Å². The Kier molecular flexibility index (Phi) is 8.44. The summed E-state index contributed by atoms with van der Waals surface area (Å²) in [7, 11) is 0. The second-order valence-corrected chi connectivity index (χ2v) is 2.34. The number of ether oxygens (including phenoxy) is 2. The Labute approximate surface area is 74.0 Å². The van der Waals surface area contributed by atoms with Crippen molar-refractivity contribution in [1.29, 1.82) is 0 Å². The standard InChI is InChI=1S/C9H18O3/c1-3-5-7-12-9(10)6-8-11-4-2/h3,5,9-10H,4,6-8H2,1-2H3. The first-order valence-electron chi connectivity index (χ1n) is 4.29. The van der Waals surface area contributed by atoms with Crippen molar-refractivity contribution < 1.29 is 14.6 Å². The number of allylic oxidation sites excluding steroid dienone is 1. The van der Waals surface area contributed by atoms with Gasteiger partial charge in [-0.2, -0.15) is 0 Å². The summed E-state index contributed by atoms with van der Waals surface area (Å²) < 4.78 is 10.1. The van der Waals surface area contributed by atoms with Crippen LogP contribution in [-0.4, -0.2) is 31.2 Å². The third kappa shape index (κ3) is 7.72. The fraction of sp³-hybridized carbons (Fsp3) is 0.778. The van der Waals surface area contributed by atoms with Crippen molar-refractivity contribution in [3.8, 4) is 0 Å². The van der Waals surface area contributed by atoms with Gasteiger partial charge in [-0.15, -0.1) is 0 Å². The molecule has 1 atom stereocenters. The van der Waals surface area contributed by atoms with Crippen LogP contribution in [0.25, 0.3) is 0 Å². The van der Waals surface area contributed by atoms with E-state index in [0.717, 1.165) is 0 Å². The molecule has 0 saturated carbocycles. The number of hydrogen-bond donors (Lipinski definition) is 1. The summed E-state index contributed by atoms with van der Waals surface area (Å²) in [6.45, 7) is 5.53. The highest BCUT2D eigenvalue weighted by atomic mass is 16.6. The number of hydrogen-bond acceptors (Lipinski definition) is 3. The van der Waals surface area contributed by atoms with E-state index < -0.39 is 6.29 Å². The maximum Gasteiger partial charge on any atom is 0.157 e. The SMILES string of the molecule is CC=CCOC(O)CCOCC. The first-order chi connectivity index (χ1) is 5.81. The van der Waals surface area contributed by atoms with E-state index in [2.05, 4.69) is 0 Å². The summed E-state index contributed by atoms with van der Waals surface area (Å²) in [5.74, 6) is 0. The molecule has 0 aliphatic rings. The number of aliphatic hydroxyl groups excluding tert-OH is 1. The van der Waals surface area contributed by atoms with Gasteiger partial charge in [-0.25, -0.2) is 0 Å². The van der Waals surface area contributed by atoms with Crippen LogP contribution in [0, 0.1) is 0 Å². The van der Waals surface area contributed by atoms with Crippen molar-refractivity contribution in [2.75, 3.05) is 19.8 Å². The molecule has 0 amide bonds. The minimum Gasteiger partial charge on any atom is -0.382 e. The molecule has 0 aliphatic carbocycles. The minimum atomic E-state index is -0.701. The Morgan fingerprint density at radius 1 is 1.50 bits per heavy atom. The third-order valence-electron chi connectivity index (χ3n) is 1.33. The Morgan fingerprint density at radius 2 is 2.25 bits per heavy atom. The molecule has 3 heteroatoms. The summed E-state index contributed by atoms with van der Waals surface area (Å²) in [6, 6.07) is 0. The van der Waals surface area contributed by atoms with Crippen LogP contribution < -0.4 is 0 Å². The molecule has 3 nitrogen and oxygen atoms in total. The number of aliphatic hydroxyl groups is 1. The van der Waals surface area contributed by atoms with Crippen molar-refractivity contribution in [2.45, 2.75) is 26.6 Å². The molecule has 0 aliphatic heterocycles. The molecule has 72 valence electrons. The first-order valence-corrected chi connectivity index (χ1v) is 4.29. The third-order valence-corrected chi connectivity index (χ3v) is 1.33. The zero-order valence-corrected chi connectivity index (χ0v) is 7.82. The average Bonchev–Trinajstić information content (AvgIpc) is 2.06. The van der Waals surface area contributed by atoms with Gasteiger partial charge in [-0.1, -0.05) is 12.2 Å². The molecular weight excluding hydrogens is 156 g/mol. The summed E-state index contributed by atoms with van der Waals surface area (Å²) in [6.07, 6.45) is 3.57. The zero-order chi connectivity index (χ0) is 9.23. The van der Waals surface area contributed by atoms with Gasteiger partial charge in [0.1, 0.15) is 0 Å². The fourth-order valence-corrected chi connectivity index (χ4v) is 0.675. The summed E-state index contributed by atoms with van der Waals surface area (Å²) in [4.78, 5) is 0. The molecule has 0 aromatic carbocycles. The van der Waals surface area contributed by atoms with Crippen LogP contribution >= 0.6 is 0 Å². The second-order valence-electron chi connectivity index (χ2n) is 2.34. The maximum absolute atomic E-state index is 9.17. The molecule has 0 heterocycles. The lowest BCUT2D eigenvalue weighted by molar-refractivity contribution is -0.103. The molecule has 1 N–H and O–H groups in total. The topological polar surface area (TPSA) is 38.7 Å². The molecule has 12 heavy (non-hydrogen) atoms. The van der Waals surface area contributed by atoms with Gasteiger partial charge in [0.2, 0.25) is 0 Å². The van der Waals surface area contributed by atoms with Crippen LogP contribution in [0.5, 0.6) is 0 Å². The van der Waals surface area contributed by atoms with Gasteiger partial charge in [0, 0.05) is 13.0 Å². The van der Waals surface area contributed by atoms with E-state index in [4.69, 9.17) is 14.6 Å². The molecule has 0 fully saturated rings. The minimum absolute atomic E-state index is 0.462. The predicted molar refractivity (Wildman–Crippen MR) is 47.9 cm³/mol. The van der Waals surface area contributed by atoms with Crippen molar-refractivity contribution >= 4 is 0 Å². The van der Waals surface area contributed by atoms with Crippen LogP contribution in [0.15, 0.2) is 12.2 Å². The molecule has 0 aromatic heterocycles. The van der Waals surface area contributed by atoms with E-state index in [0.29, 0.717) is 26.2 Å². The molecule has 0 aromatic rings. The zero-order valence-electron chi connectivity index (χ0n) is 7.82. The molecule has 1 unspecified atom stereocenters.